The van der Waals surface area contributed by atoms with Gasteiger partial charge in [0.25, 0.3) is 0 Å². The standard InChI is InChI=1S/C9H17N3O4S2/c1-17(13,14)8-18(15,16)11-9-2-5-12(6-3-9)7-4-10/h9,11H,2-3,5-8H2,1H3. The highest BCUT2D eigenvalue weighted by molar-refractivity contribution is 8.06. The molecule has 0 aromatic carbocycles. The van der Waals surface area contributed by atoms with E-state index in [1.807, 2.05) is 11.0 Å². The molecule has 0 unspecified atom stereocenters. The monoisotopic (exact) mass is 295 g/mol. The molecule has 0 saturated carbocycles. The smallest absolute Gasteiger partial charge is 0.226 e. The molecule has 0 aromatic rings. The lowest BCUT2D eigenvalue weighted by Gasteiger charge is -2.30. The molecule has 0 aromatic heterocycles. The van der Waals surface area contributed by atoms with Crippen LogP contribution in [0.15, 0.2) is 0 Å². The highest BCUT2D eigenvalue weighted by Gasteiger charge is 2.25. The van der Waals surface area contributed by atoms with Gasteiger partial charge in [0, 0.05) is 25.4 Å². The summed E-state index contributed by atoms with van der Waals surface area (Å²) >= 11 is 0. The zero-order chi connectivity index (χ0) is 13.8. The molecule has 0 atom stereocenters. The van der Waals surface area contributed by atoms with Crippen LogP contribution >= 0.6 is 0 Å². The molecular formula is C9H17N3O4S2. The van der Waals surface area contributed by atoms with Crippen LogP contribution in [-0.2, 0) is 19.9 Å². The lowest BCUT2D eigenvalue weighted by Crippen LogP contribution is -2.45. The van der Waals surface area contributed by atoms with Crippen molar-refractivity contribution < 1.29 is 16.8 Å². The van der Waals surface area contributed by atoms with Crippen LogP contribution in [0, 0.1) is 11.3 Å². The highest BCUT2D eigenvalue weighted by Crippen LogP contribution is 2.11. The molecule has 0 bridgehead atoms. The largest absolute Gasteiger partial charge is 0.290 e. The van der Waals surface area contributed by atoms with Crippen molar-refractivity contribution >= 4 is 19.9 Å². The number of nitrogens with one attached hydrogen (secondary N) is 1. The third kappa shape index (κ3) is 5.77. The van der Waals surface area contributed by atoms with Crippen molar-refractivity contribution in [3.8, 4) is 6.07 Å². The minimum atomic E-state index is -3.79. The van der Waals surface area contributed by atoms with E-state index in [1.54, 1.807) is 0 Å². The molecule has 9 heteroatoms. The Balaban J connectivity index is 2.48. The molecular weight excluding hydrogens is 278 g/mol. The van der Waals surface area contributed by atoms with Crippen LogP contribution in [-0.4, -0.2) is 58.8 Å². The van der Waals surface area contributed by atoms with Crippen LogP contribution < -0.4 is 4.72 Å². The molecule has 1 aliphatic heterocycles. The van der Waals surface area contributed by atoms with Gasteiger partial charge >= 0.3 is 0 Å². The summed E-state index contributed by atoms with van der Waals surface area (Å²) in [4.78, 5) is 1.93. The molecule has 1 N–H and O–H groups in total. The summed E-state index contributed by atoms with van der Waals surface area (Å²) in [6.07, 6.45) is 2.07. The van der Waals surface area contributed by atoms with E-state index < -0.39 is 24.9 Å². The van der Waals surface area contributed by atoms with Crippen LogP contribution in [0.4, 0.5) is 0 Å². The number of piperidine rings is 1. The molecule has 104 valence electrons. The number of sulfone groups is 1. The topological polar surface area (TPSA) is 107 Å². The zero-order valence-electron chi connectivity index (χ0n) is 10.2. The highest BCUT2D eigenvalue weighted by atomic mass is 32.3. The van der Waals surface area contributed by atoms with E-state index in [1.165, 1.54) is 0 Å². The third-order valence-electron chi connectivity index (χ3n) is 2.60. The first-order valence-corrected chi connectivity index (χ1v) is 9.20. The minimum Gasteiger partial charge on any atom is -0.290 e. The number of hydrogen-bond acceptors (Lipinski definition) is 6. The maximum atomic E-state index is 11.6. The summed E-state index contributed by atoms with van der Waals surface area (Å²) in [5.41, 5.74) is 0. The van der Waals surface area contributed by atoms with Crippen LogP contribution in [0.5, 0.6) is 0 Å². The molecule has 0 amide bonds. The summed E-state index contributed by atoms with van der Waals surface area (Å²) in [6.45, 7) is 1.61. The first-order chi connectivity index (χ1) is 8.22. The van der Waals surface area contributed by atoms with Crippen LogP contribution in [0.25, 0.3) is 0 Å². The van der Waals surface area contributed by atoms with E-state index in [-0.39, 0.29) is 6.04 Å². The van der Waals surface area contributed by atoms with Crippen LogP contribution in [0.3, 0.4) is 0 Å². The van der Waals surface area contributed by atoms with Gasteiger partial charge in [0.2, 0.25) is 10.0 Å². The second-order valence-electron chi connectivity index (χ2n) is 4.48. The quantitative estimate of drug-likeness (QED) is 0.645. The van der Waals surface area contributed by atoms with Crippen LogP contribution in [0.2, 0.25) is 0 Å². The van der Waals surface area contributed by atoms with E-state index in [9.17, 15) is 16.8 Å². The van der Waals surface area contributed by atoms with E-state index in [0.29, 0.717) is 32.5 Å². The number of sulfonamides is 1. The van der Waals surface area contributed by atoms with E-state index in [4.69, 9.17) is 5.26 Å². The molecule has 1 fully saturated rings. The normalized spacial score (nSPS) is 19.6. The van der Waals surface area contributed by atoms with E-state index in [0.717, 1.165) is 6.26 Å². The Labute approximate surface area is 108 Å². The van der Waals surface area contributed by atoms with Crippen molar-refractivity contribution in [1.82, 2.24) is 9.62 Å². The van der Waals surface area contributed by atoms with Gasteiger partial charge in [-0.25, -0.2) is 21.6 Å². The number of nitriles is 1. The van der Waals surface area contributed by atoms with Gasteiger partial charge in [-0.3, -0.25) is 4.90 Å². The zero-order valence-corrected chi connectivity index (χ0v) is 11.8. The van der Waals surface area contributed by atoms with Crippen molar-refractivity contribution in [2.24, 2.45) is 0 Å². The fourth-order valence-electron chi connectivity index (χ4n) is 1.88. The first-order valence-electron chi connectivity index (χ1n) is 5.49. The first kappa shape index (κ1) is 15.4. The molecule has 1 heterocycles. The predicted molar refractivity (Wildman–Crippen MR) is 66.8 cm³/mol. The number of hydrogen-bond donors (Lipinski definition) is 1. The summed E-state index contributed by atoms with van der Waals surface area (Å²) in [6, 6.07) is 1.80. The maximum Gasteiger partial charge on any atom is 0.226 e. The Morgan fingerprint density at radius 2 is 1.83 bits per heavy atom. The van der Waals surface area contributed by atoms with Gasteiger partial charge in [-0.05, 0) is 12.8 Å². The van der Waals surface area contributed by atoms with Crippen molar-refractivity contribution in [3.05, 3.63) is 0 Å². The van der Waals surface area contributed by atoms with Gasteiger partial charge in [0.15, 0.2) is 14.9 Å². The minimum absolute atomic E-state index is 0.244. The van der Waals surface area contributed by atoms with E-state index in [2.05, 4.69) is 4.72 Å². The maximum absolute atomic E-state index is 11.6. The van der Waals surface area contributed by atoms with Gasteiger partial charge in [-0.2, -0.15) is 5.26 Å². The third-order valence-corrected chi connectivity index (χ3v) is 6.24. The molecule has 0 spiro atoms. The van der Waals surface area contributed by atoms with Crippen molar-refractivity contribution in [2.45, 2.75) is 18.9 Å². The summed E-state index contributed by atoms with van der Waals surface area (Å²) < 4.78 is 47.5. The molecule has 18 heavy (non-hydrogen) atoms. The van der Waals surface area contributed by atoms with Gasteiger partial charge in [-0.1, -0.05) is 0 Å². The van der Waals surface area contributed by atoms with Gasteiger partial charge < -0.3 is 0 Å². The predicted octanol–water partition coefficient (Wildman–Crippen LogP) is -1.10. The van der Waals surface area contributed by atoms with Crippen molar-refractivity contribution in [2.75, 3.05) is 31.0 Å². The average molecular weight is 295 g/mol. The van der Waals surface area contributed by atoms with Crippen molar-refractivity contribution in [3.63, 3.8) is 0 Å². The molecule has 1 saturated heterocycles. The Morgan fingerprint density at radius 3 is 2.28 bits per heavy atom. The Hall–Kier alpha value is -0.690. The lowest BCUT2D eigenvalue weighted by atomic mass is 10.1. The average Bonchev–Trinajstić information content (AvgIpc) is 2.17. The molecule has 7 nitrogen and oxygen atoms in total. The fraction of sp³-hybridized carbons (Fsp3) is 0.889. The lowest BCUT2D eigenvalue weighted by molar-refractivity contribution is 0.229. The molecule has 0 aliphatic carbocycles. The Bertz CT molecular complexity index is 513. The Morgan fingerprint density at radius 1 is 1.28 bits per heavy atom. The molecule has 1 rings (SSSR count). The van der Waals surface area contributed by atoms with Gasteiger partial charge in [-0.15, -0.1) is 0 Å². The van der Waals surface area contributed by atoms with E-state index >= 15 is 0 Å². The SMILES string of the molecule is CS(=O)(=O)CS(=O)(=O)NC1CCN(CC#N)CC1. The second kappa shape index (κ2) is 5.97. The summed E-state index contributed by atoms with van der Waals surface area (Å²) in [7, 11) is -7.35. The molecule has 0 radical (unpaired) electrons. The Kier molecular flexibility index (Phi) is 5.10. The number of nitrogens with zero attached hydrogens (tertiary/aromatic N) is 2. The number of rotatable bonds is 5. The summed E-state index contributed by atoms with van der Waals surface area (Å²) in [5.74, 6) is 0. The summed E-state index contributed by atoms with van der Waals surface area (Å²) in [5, 5.41) is 7.65. The van der Waals surface area contributed by atoms with Gasteiger partial charge in [0.1, 0.15) is 0 Å². The fourth-order valence-corrected chi connectivity index (χ4v) is 5.15. The van der Waals surface area contributed by atoms with Gasteiger partial charge in [0.05, 0.1) is 12.6 Å². The number of likely N-dealkylation sites (tertiary alicyclic amines) is 1. The van der Waals surface area contributed by atoms with Crippen LogP contribution in [0.1, 0.15) is 12.8 Å². The van der Waals surface area contributed by atoms with Crippen molar-refractivity contribution in [1.29, 1.82) is 5.26 Å². The molecule has 1 aliphatic rings. The second-order valence-corrected chi connectivity index (χ2v) is 8.74.